The van der Waals surface area contributed by atoms with E-state index in [1.165, 1.54) is 12.8 Å². The van der Waals surface area contributed by atoms with Gasteiger partial charge < -0.3 is 10.2 Å². The standard InChI is InChI=1S/C11H15N5/c1-13-10-7-11(15-8-14-10)16(6-2-5-12)9-3-4-9/h7-9H,2-4,6H2,1H3,(H,13,14,15). The molecule has 0 atom stereocenters. The number of rotatable bonds is 5. The first kappa shape index (κ1) is 10.7. The molecular formula is C11H15N5. The summed E-state index contributed by atoms with van der Waals surface area (Å²) in [6.45, 7) is 0.751. The average Bonchev–Trinajstić information content (AvgIpc) is 3.14. The molecule has 0 aliphatic heterocycles. The van der Waals surface area contributed by atoms with Crippen LogP contribution >= 0.6 is 0 Å². The summed E-state index contributed by atoms with van der Waals surface area (Å²) < 4.78 is 0. The SMILES string of the molecule is CNc1cc(N(CCC#N)C2CC2)ncn1. The minimum atomic E-state index is 0.537. The minimum Gasteiger partial charge on any atom is -0.373 e. The zero-order valence-corrected chi connectivity index (χ0v) is 9.35. The van der Waals surface area contributed by atoms with Crippen LogP contribution in [0.2, 0.25) is 0 Å². The summed E-state index contributed by atoms with van der Waals surface area (Å²) in [6.07, 6.45) is 4.49. The molecule has 1 fully saturated rings. The summed E-state index contributed by atoms with van der Waals surface area (Å²) in [6, 6.07) is 4.67. The fourth-order valence-electron chi connectivity index (χ4n) is 1.68. The van der Waals surface area contributed by atoms with Crippen LogP contribution in [-0.2, 0) is 0 Å². The van der Waals surface area contributed by atoms with Crippen molar-refractivity contribution in [2.45, 2.75) is 25.3 Å². The van der Waals surface area contributed by atoms with Gasteiger partial charge in [0.25, 0.3) is 0 Å². The maximum absolute atomic E-state index is 8.64. The second-order valence-electron chi connectivity index (χ2n) is 3.84. The van der Waals surface area contributed by atoms with Crippen molar-refractivity contribution in [3.63, 3.8) is 0 Å². The third-order valence-corrected chi connectivity index (χ3v) is 2.66. The molecule has 0 bridgehead atoms. The molecule has 0 unspecified atom stereocenters. The molecule has 84 valence electrons. The molecule has 0 amide bonds. The van der Waals surface area contributed by atoms with Crippen LogP contribution in [0.4, 0.5) is 11.6 Å². The molecule has 1 aromatic rings. The van der Waals surface area contributed by atoms with Gasteiger partial charge in [-0.1, -0.05) is 0 Å². The van der Waals surface area contributed by atoms with E-state index in [0.717, 1.165) is 18.2 Å². The molecule has 5 nitrogen and oxygen atoms in total. The number of aromatic nitrogens is 2. The number of nitriles is 1. The van der Waals surface area contributed by atoms with Crippen LogP contribution in [0.3, 0.4) is 0 Å². The topological polar surface area (TPSA) is 64.8 Å². The molecule has 5 heteroatoms. The van der Waals surface area contributed by atoms with Crippen molar-refractivity contribution in [3.05, 3.63) is 12.4 Å². The van der Waals surface area contributed by atoms with Gasteiger partial charge in [0.15, 0.2) is 0 Å². The van der Waals surface area contributed by atoms with Crippen molar-refractivity contribution < 1.29 is 0 Å². The quantitative estimate of drug-likeness (QED) is 0.807. The third kappa shape index (κ3) is 2.40. The van der Waals surface area contributed by atoms with E-state index in [0.29, 0.717) is 12.5 Å². The average molecular weight is 217 g/mol. The highest BCUT2D eigenvalue weighted by Gasteiger charge is 2.29. The molecule has 1 heterocycles. The van der Waals surface area contributed by atoms with Gasteiger partial charge in [-0.3, -0.25) is 0 Å². The maximum atomic E-state index is 8.64. The van der Waals surface area contributed by atoms with Crippen molar-refractivity contribution >= 4 is 11.6 Å². The lowest BCUT2D eigenvalue weighted by Crippen LogP contribution is -2.27. The van der Waals surface area contributed by atoms with E-state index >= 15 is 0 Å². The van der Waals surface area contributed by atoms with Crippen LogP contribution in [-0.4, -0.2) is 29.6 Å². The first-order valence-electron chi connectivity index (χ1n) is 5.48. The minimum absolute atomic E-state index is 0.537. The zero-order valence-electron chi connectivity index (χ0n) is 9.35. The largest absolute Gasteiger partial charge is 0.373 e. The fraction of sp³-hybridized carbons (Fsp3) is 0.545. The lowest BCUT2D eigenvalue weighted by Gasteiger charge is -2.22. The van der Waals surface area contributed by atoms with E-state index in [4.69, 9.17) is 5.26 Å². The Labute approximate surface area is 95.1 Å². The van der Waals surface area contributed by atoms with Crippen molar-refractivity contribution in [2.75, 3.05) is 23.8 Å². The Morgan fingerprint density at radius 1 is 1.56 bits per heavy atom. The Morgan fingerprint density at radius 2 is 2.38 bits per heavy atom. The van der Waals surface area contributed by atoms with Gasteiger partial charge in [0.2, 0.25) is 0 Å². The van der Waals surface area contributed by atoms with Gasteiger partial charge >= 0.3 is 0 Å². The Morgan fingerprint density at radius 3 is 3.00 bits per heavy atom. The molecule has 0 spiro atoms. The van der Waals surface area contributed by atoms with E-state index in [2.05, 4.69) is 26.3 Å². The predicted octanol–water partition coefficient (Wildman–Crippen LogP) is 1.40. The summed E-state index contributed by atoms with van der Waals surface area (Å²) in [5.41, 5.74) is 0. The molecule has 1 aliphatic rings. The first-order chi connectivity index (χ1) is 7.85. The van der Waals surface area contributed by atoms with Gasteiger partial charge in [-0.2, -0.15) is 5.26 Å². The number of nitrogens with zero attached hydrogens (tertiary/aromatic N) is 4. The summed E-state index contributed by atoms with van der Waals surface area (Å²) in [7, 11) is 1.84. The third-order valence-electron chi connectivity index (χ3n) is 2.66. The van der Waals surface area contributed by atoms with Crippen LogP contribution in [0.1, 0.15) is 19.3 Å². The Kier molecular flexibility index (Phi) is 3.20. The monoisotopic (exact) mass is 217 g/mol. The lowest BCUT2D eigenvalue weighted by atomic mass is 10.3. The highest BCUT2D eigenvalue weighted by Crippen LogP contribution is 2.31. The summed E-state index contributed by atoms with van der Waals surface area (Å²) in [4.78, 5) is 10.6. The van der Waals surface area contributed by atoms with Gasteiger partial charge in [0.05, 0.1) is 12.5 Å². The lowest BCUT2D eigenvalue weighted by molar-refractivity contribution is 0.776. The summed E-state index contributed by atoms with van der Waals surface area (Å²) in [5, 5.41) is 11.6. The Bertz CT molecular complexity index is 394. The second-order valence-corrected chi connectivity index (χ2v) is 3.84. The molecule has 1 aliphatic carbocycles. The molecule has 1 N–H and O–H groups in total. The predicted molar refractivity (Wildman–Crippen MR) is 62.2 cm³/mol. The fourth-order valence-corrected chi connectivity index (χ4v) is 1.68. The van der Waals surface area contributed by atoms with Crippen LogP contribution in [0, 0.1) is 11.3 Å². The van der Waals surface area contributed by atoms with E-state index < -0.39 is 0 Å². The van der Waals surface area contributed by atoms with Gasteiger partial charge in [-0.15, -0.1) is 0 Å². The van der Waals surface area contributed by atoms with Crippen molar-refractivity contribution in [2.24, 2.45) is 0 Å². The number of nitrogens with one attached hydrogen (secondary N) is 1. The summed E-state index contributed by atoms with van der Waals surface area (Å²) >= 11 is 0. The van der Waals surface area contributed by atoms with Crippen LogP contribution in [0.25, 0.3) is 0 Å². The molecule has 0 saturated heterocycles. The van der Waals surface area contributed by atoms with Crippen molar-refractivity contribution in [3.8, 4) is 6.07 Å². The molecule has 0 aromatic carbocycles. The number of hydrogen-bond acceptors (Lipinski definition) is 5. The molecule has 1 aromatic heterocycles. The molecule has 1 saturated carbocycles. The number of anilines is 2. The van der Waals surface area contributed by atoms with E-state index in [-0.39, 0.29) is 0 Å². The summed E-state index contributed by atoms with van der Waals surface area (Å²) in [5.74, 6) is 1.73. The van der Waals surface area contributed by atoms with Gasteiger partial charge in [-0.05, 0) is 12.8 Å². The van der Waals surface area contributed by atoms with E-state index in [1.807, 2.05) is 13.1 Å². The van der Waals surface area contributed by atoms with Crippen LogP contribution < -0.4 is 10.2 Å². The highest BCUT2D eigenvalue weighted by atomic mass is 15.2. The van der Waals surface area contributed by atoms with E-state index in [1.54, 1.807) is 6.33 Å². The van der Waals surface area contributed by atoms with Crippen molar-refractivity contribution in [1.29, 1.82) is 5.26 Å². The first-order valence-corrected chi connectivity index (χ1v) is 5.48. The Hall–Kier alpha value is -1.83. The molecule has 0 radical (unpaired) electrons. The van der Waals surface area contributed by atoms with Crippen molar-refractivity contribution in [1.82, 2.24) is 9.97 Å². The zero-order chi connectivity index (χ0) is 11.4. The van der Waals surface area contributed by atoms with Gasteiger partial charge in [0.1, 0.15) is 18.0 Å². The van der Waals surface area contributed by atoms with E-state index in [9.17, 15) is 0 Å². The maximum Gasteiger partial charge on any atom is 0.134 e. The Balaban J connectivity index is 2.14. The van der Waals surface area contributed by atoms with Gasteiger partial charge in [0, 0.05) is 25.7 Å². The highest BCUT2D eigenvalue weighted by molar-refractivity contribution is 5.49. The molecule has 16 heavy (non-hydrogen) atoms. The molecule has 2 rings (SSSR count). The normalized spacial score (nSPS) is 14.2. The van der Waals surface area contributed by atoms with Gasteiger partial charge in [-0.25, -0.2) is 9.97 Å². The smallest absolute Gasteiger partial charge is 0.134 e. The van der Waals surface area contributed by atoms with Crippen LogP contribution in [0.15, 0.2) is 12.4 Å². The number of hydrogen-bond donors (Lipinski definition) is 1. The van der Waals surface area contributed by atoms with Crippen LogP contribution in [0.5, 0.6) is 0 Å². The molecular weight excluding hydrogens is 202 g/mol. The second kappa shape index (κ2) is 4.79.